The van der Waals surface area contributed by atoms with Crippen LogP contribution in [0.1, 0.15) is 69.4 Å². The molecule has 2 aromatic rings. The summed E-state index contributed by atoms with van der Waals surface area (Å²) in [6.07, 6.45) is 8.14. The van der Waals surface area contributed by atoms with Gasteiger partial charge in [0, 0.05) is 37.1 Å². The minimum Gasteiger partial charge on any atom is -0.353 e. The lowest BCUT2D eigenvalue weighted by Gasteiger charge is -2.55. The molecule has 5 fully saturated rings. The van der Waals surface area contributed by atoms with Crippen LogP contribution in [0.25, 0.3) is 0 Å². The van der Waals surface area contributed by atoms with E-state index >= 15 is 0 Å². The number of amides is 1. The quantitative estimate of drug-likeness (QED) is 0.540. The molecule has 7 rings (SSSR count). The summed E-state index contributed by atoms with van der Waals surface area (Å²) in [5, 5.41) is 7.39. The van der Waals surface area contributed by atoms with Gasteiger partial charge in [-0.1, -0.05) is 60.7 Å². The lowest BCUT2D eigenvalue weighted by molar-refractivity contribution is -0.126. The predicted octanol–water partition coefficient (Wildman–Crippen LogP) is 5.20. The average Bonchev–Trinajstić information content (AvgIpc) is 3.27. The predicted molar refractivity (Wildman–Crippen MR) is 146 cm³/mol. The number of hydrogen-bond donors (Lipinski definition) is 2. The zero-order chi connectivity index (χ0) is 24.6. The molecule has 192 valence electrons. The number of nitrogens with zero attached hydrogens (tertiary/aromatic N) is 1. The van der Waals surface area contributed by atoms with Crippen LogP contribution in [-0.4, -0.2) is 48.1 Å². The van der Waals surface area contributed by atoms with Gasteiger partial charge >= 0.3 is 0 Å². The van der Waals surface area contributed by atoms with Crippen LogP contribution in [0.5, 0.6) is 0 Å². The molecule has 1 saturated heterocycles. The Morgan fingerprint density at radius 1 is 0.833 bits per heavy atom. The topological polar surface area (TPSA) is 44.4 Å². The van der Waals surface area contributed by atoms with E-state index in [4.69, 9.17) is 0 Å². The van der Waals surface area contributed by atoms with Crippen molar-refractivity contribution in [2.45, 2.75) is 82.5 Å². The smallest absolute Gasteiger partial charge is 0.237 e. The van der Waals surface area contributed by atoms with Crippen LogP contribution in [0.2, 0.25) is 0 Å². The molecule has 1 heterocycles. The van der Waals surface area contributed by atoms with Gasteiger partial charge < -0.3 is 10.6 Å². The van der Waals surface area contributed by atoms with Crippen LogP contribution in [0.4, 0.5) is 0 Å². The molecule has 36 heavy (non-hydrogen) atoms. The molecule has 1 aliphatic heterocycles. The second kappa shape index (κ2) is 10.3. The first-order chi connectivity index (χ1) is 17.5. The third-order valence-corrected chi connectivity index (χ3v) is 9.61. The van der Waals surface area contributed by atoms with Crippen molar-refractivity contribution in [3.8, 4) is 0 Å². The Morgan fingerprint density at radius 3 is 1.92 bits per heavy atom. The Hall–Kier alpha value is -2.17. The van der Waals surface area contributed by atoms with E-state index in [9.17, 15) is 4.79 Å². The van der Waals surface area contributed by atoms with Crippen LogP contribution < -0.4 is 10.6 Å². The fourth-order valence-corrected chi connectivity index (χ4v) is 8.36. The van der Waals surface area contributed by atoms with Crippen molar-refractivity contribution in [2.24, 2.45) is 23.7 Å². The normalized spacial score (nSPS) is 33.5. The summed E-state index contributed by atoms with van der Waals surface area (Å²) < 4.78 is 0. The van der Waals surface area contributed by atoms with Gasteiger partial charge in [-0.2, -0.15) is 0 Å². The first-order valence-corrected chi connectivity index (χ1v) is 14.4. The maximum Gasteiger partial charge on any atom is 0.237 e. The Kier molecular flexibility index (Phi) is 6.92. The first-order valence-electron chi connectivity index (χ1n) is 14.4. The number of carbonyl (C=O) groups is 1. The van der Waals surface area contributed by atoms with Crippen LogP contribution in [0.3, 0.4) is 0 Å². The monoisotopic (exact) mass is 485 g/mol. The van der Waals surface area contributed by atoms with E-state index in [2.05, 4.69) is 90.0 Å². The molecule has 4 nitrogen and oxygen atoms in total. The molecule has 4 aliphatic carbocycles. The number of carbonyl (C=O) groups excluding carboxylic acids is 1. The molecule has 0 spiro atoms. The van der Waals surface area contributed by atoms with Gasteiger partial charge in [0.1, 0.15) is 0 Å². The zero-order valence-electron chi connectivity index (χ0n) is 22.0. The second-order valence-corrected chi connectivity index (χ2v) is 12.6. The van der Waals surface area contributed by atoms with Gasteiger partial charge in [-0.25, -0.2) is 0 Å². The van der Waals surface area contributed by atoms with E-state index < -0.39 is 0 Å². The number of benzene rings is 2. The SMILES string of the molecule is CC(C)NC(=O)[C@@H]1C[C@@H](NC2C3CC4CC(C3)CC2C4)CN1CC(c1ccccc1)c1ccccc1. The lowest BCUT2D eigenvalue weighted by atomic mass is 9.54. The molecule has 0 unspecified atom stereocenters. The molecular formula is C32H43N3O. The minimum atomic E-state index is -0.0725. The highest BCUT2D eigenvalue weighted by Gasteiger charge is 2.49. The van der Waals surface area contributed by atoms with Gasteiger partial charge in [0.25, 0.3) is 0 Å². The van der Waals surface area contributed by atoms with Crippen LogP contribution in [0, 0.1) is 23.7 Å². The molecule has 4 bridgehead atoms. The summed E-state index contributed by atoms with van der Waals surface area (Å²) >= 11 is 0. The van der Waals surface area contributed by atoms with Crippen molar-refractivity contribution >= 4 is 5.91 Å². The molecule has 5 aliphatic rings. The van der Waals surface area contributed by atoms with Crippen molar-refractivity contribution in [1.29, 1.82) is 0 Å². The second-order valence-electron chi connectivity index (χ2n) is 12.6. The van der Waals surface area contributed by atoms with Gasteiger partial charge in [-0.05, 0) is 87.2 Å². The average molecular weight is 486 g/mol. The van der Waals surface area contributed by atoms with Crippen LogP contribution in [0.15, 0.2) is 60.7 Å². The summed E-state index contributed by atoms with van der Waals surface area (Å²) in [6, 6.07) is 22.8. The number of likely N-dealkylation sites (tertiary alicyclic amines) is 1. The highest BCUT2D eigenvalue weighted by atomic mass is 16.2. The minimum absolute atomic E-state index is 0.0725. The largest absolute Gasteiger partial charge is 0.353 e. The van der Waals surface area contributed by atoms with Gasteiger partial charge in [-0.3, -0.25) is 9.69 Å². The summed E-state index contributed by atoms with van der Waals surface area (Å²) in [6.45, 7) is 5.95. The molecule has 4 heteroatoms. The summed E-state index contributed by atoms with van der Waals surface area (Å²) in [4.78, 5) is 15.9. The number of rotatable bonds is 8. The number of nitrogens with one attached hydrogen (secondary N) is 2. The fraction of sp³-hybridized carbons (Fsp3) is 0.594. The summed E-state index contributed by atoms with van der Waals surface area (Å²) in [7, 11) is 0. The lowest BCUT2D eigenvalue weighted by Crippen LogP contribution is -2.57. The van der Waals surface area contributed by atoms with Gasteiger partial charge in [0.05, 0.1) is 6.04 Å². The maximum absolute atomic E-state index is 13.4. The van der Waals surface area contributed by atoms with Crippen molar-refractivity contribution in [3.05, 3.63) is 71.8 Å². The van der Waals surface area contributed by atoms with E-state index in [1.54, 1.807) is 0 Å². The molecule has 0 aromatic heterocycles. The molecular weight excluding hydrogens is 442 g/mol. The van der Waals surface area contributed by atoms with Gasteiger partial charge in [0.15, 0.2) is 0 Å². The van der Waals surface area contributed by atoms with Crippen LogP contribution >= 0.6 is 0 Å². The highest BCUT2D eigenvalue weighted by Crippen LogP contribution is 2.54. The van der Waals surface area contributed by atoms with E-state index in [0.29, 0.717) is 12.1 Å². The molecule has 1 amide bonds. The van der Waals surface area contributed by atoms with Crippen molar-refractivity contribution < 1.29 is 4.79 Å². The van der Waals surface area contributed by atoms with Gasteiger partial charge in [-0.15, -0.1) is 0 Å². The van der Waals surface area contributed by atoms with Gasteiger partial charge in [0.2, 0.25) is 5.91 Å². The Labute approximate surface area is 217 Å². The number of hydrogen-bond acceptors (Lipinski definition) is 3. The van der Waals surface area contributed by atoms with Crippen molar-refractivity contribution in [1.82, 2.24) is 15.5 Å². The third-order valence-electron chi connectivity index (χ3n) is 9.61. The van der Waals surface area contributed by atoms with Crippen molar-refractivity contribution in [3.63, 3.8) is 0 Å². The van der Waals surface area contributed by atoms with E-state index in [1.807, 2.05) is 0 Å². The standard InChI is InChI=1S/C32H43N3O/c1-21(2)33-32(36)30-18-28(34-31-26-14-22-13-23(16-26)17-27(31)15-22)19-35(30)20-29(24-9-5-3-6-10-24)25-11-7-4-8-12-25/h3-12,21-23,26-31,34H,13-20H2,1-2H3,(H,33,36)/t22?,23?,26?,27?,28-,30+,31?/m1/s1. The maximum atomic E-state index is 13.4. The molecule has 2 N–H and O–H groups in total. The highest BCUT2D eigenvalue weighted by molar-refractivity contribution is 5.82. The third kappa shape index (κ3) is 4.99. The van der Waals surface area contributed by atoms with E-state index in [1.165, 1.54) is 43.2 Å². The van der Waals surface area contributed by atoms with E-state index in [-0.39, 0.29) is 23.9 Å². The molecule has 0 radical (unpaired) electrons. The zero-order valence-corrected chi connectivity index (χ0v) is 22.0. The Balaban J connectivity index is 1.22. The molecule has 2 aromatic carbocycles. The Morgan fingerprint density at radius 2 is 1.39 bits per heavy atom. The summed E-state index contributed by atoms with van der Waals surface area (Å²) in [5.74, 6) is 4.15. The summed E-state index contributed by atoms with van der Waals surface area (Å²) in [5.41, 5.74) is 2.65. The molecule has 2 atom stereocenters. The van der Waals surface area contributed by atoms with Crippen LogP contribution in [-0.2, 0) is 4.79 Å². The fourth-order valence-electron chi connectivity index (χ4n) is 8.36. The van der Waals surface area contributed by atoms with E-state index in [0.717, 1.165) is 43.2 Å². The van der Waals surface area contributed by atoms with Crippen molar-refractivity contribution in [2.75, 3.05) is 13.1 Å². The Bertz CT molecular complexity index is 955. The molecule has 4 saturated carbocycles. The first kappa shape index (κ1) is 24.2.